The number of hydrogen-bond acceptors (Lipinski definition) is 0. The van der Waals surface area contributed by atoms with Gasteiger partial charge in [-0.25, -0.2) is 0 Å². The third-order valence-electron chi connectivity index (χ3n) is 8.07. The predicted octanol–water partition coefficient (Wildman–Crippen LogP) is 6.41. The molecular weight excluding hydrogens is 264 g/mol. The molecule has 0 N–H and O–H groups in total. The van der Waals surface area contributed by atoms with Crippen molar-refractivity contribution < 1.29 is 0 Å². The number of fused-ring (bicyclic) bond motifs is 1. The van der Waals surface area contributed by atoms with E-state index in [1.165, 1.54) is 12.8 Å². The predicted molar refractivity (Wildman–Crippen MR) is 97.4 cm³/mol. The Bertz CT molecular complexity index is 474. The van der Waals surface area contributed by atoms with Gasteiger partial charge >= 0.3 is 0 Å². The highest BCUT2D eigenvalue weighted by Crippen LogP contribution is 2.81. The average molecular weight is 303 g/mol. The Morgan fingerprint density at radius 3 is 2.18 bits per heavy atom. The first-order chi connectivity index (χ1) is 10.1. The summed E-state index contributed by atoms with van der Waals surface area (Å²) < 4.78 is 0. The first-order valence-corrected chi connectivity index (χ1v) is 9.49. The molecule has 0 aliphatic heterocycles. The zero-order valence-corrected chi connectivity index (χ0v) is 16.5. The van der Waals surface area contributed by atoms with Gasteiger partial charge < -0.3 is 0 Å². The lowest BCUT2D eigenvalue weighted by Gasteiger charge is -2.81. The lowest BCUT2D eigenvalue weighted by molar-refractivity contribution is -0.338. The topological polar surface area (TPSA) is 0 Å². The van der Waals surface area contributed by atoms with Gasteiger partial charge in [0.2, 0.25) is 0 Å². The van der Waals surface area contributed by atoms with E-state index < -0.39 is 0 Å². The molecule has 2 rings (SSSR count). The molecule has 0 amide bonds. The molecule has 6 atom stereocenters. The van der Waals surface area contributed by atoms with Gasteiger partial charge in [0.1, 0.15) is 0 Å². The normalized spacial score (nSPS) is 43.7. The van der Waals surface area contributed by atoms with Crippen LogP contribution in [0.15, 0.2) is 0 Å². The van der Waals surface area contributed by atoms with Gasteiger partial charge in [-0.3, -0.25) is 0 Å². The van der Waals surface area contributed by atoms with Crippen LogP contribution in [0.3, 0.4) is 0 Å². The van der Waals surface area contributed by atoms with Crippen molar-refractivity contribution in [3.05, 3.63) is 0 Å². The quantitative estimate of drug-likeness (QED) is 0.515. The van der Waals surface area contributed by atoms with Crippen molar-refractivity contribution in [2.75, 3.05) is 0 Å². The molecule has 2 fully saturated rings. The molecule has 0 bridgehead atoms. The van der Waals surface area contributed by atoms with Crippen molar-refractivity contribution in [3.63, 3.8) is 0 Å². The van der Waals surface area contributed by atoms with E-state index in [1.807, 2.05) is 6.92 Å². The van der Waals surface area contributed by atoms with Crippen molar-refractivity contribution >= 4 is 0 Å². The zero-order chi connectivity index (χ0) is 16.9. The third-order valence-corrected chi connectivity index (χ3v) is 8.07. The van der Waals surface area contributed by atoms with Gasteiger partial charge in [-0.1, -0.05) is 55.4 Å². The van der Waals surface area contributed by atoms with Crippen LogP contribution in [-0.4, -0.2) is 0 Å². The molecule has 22 heavy (non-hydrogen) atoms. The molecule has 0 heteroatoms. The van der Waals surface area contributed by atoms with Crippen LogP contribution in [0.2, 0.25) is 0 Å². The monoisotopic (exact) mass is 302 g/mol. The Morgan fingerprint density at radius 1 is 1.14 bits per heavy atom. The van der Waals surface area contributed by atoms with E-state index in [9.17, 15) is 0 Å². The van der Waals surface area contributed by atoms with Crippen LogP contribution < -0.4 is 0 Å². The summed E-state index contributed by atoms with van der Waals surface area (Å²) in [6, 6.07) is 0. The van der Waals surface area contributed by atoms with Crippen LogP contribution >= 0.6 is 0 Å². The van der Waals surface area contributed by atoms with Crippen molar-refractivity contribution in [3.8, 4) is 11.8 Å². The molecule has 2 saturated carbocycles. The first kappa shape index (κ1) is 17.9. The highest BCUT2D eigenvalue weighted by molar-refractivity contribution is 5.26. The van der Waals surface area contributed by atoms with Crippen molar-refractivity contribution in [2.24, 2.45) is 45.8 Å². The van der Waals surface area contributed by atoms with E-state index in [-0.39, 0.29) is 0 Å². The Labute approximate surface area is 139 Å². The molecule has 0 saturated heterocycles. The summed E-state index contributed by atoms with van der Waals surface area (Å²) in [5.41, 5.74) is 1.38. The minimum Gasteiger partial charge on any atom is -0.107 e. The van der Waals surface area contributed by atoms with Crippen LogP contribution in [-0.2, 0) is 0 Å². The standard InChI is InChI=1S/C22H38/c1-10-12-13-21(9)16(5)18-17(6)22(11-2,19(18)21)20(7,8)14-15(3)4/h15-19H,11,13-14H2,1-9H3. The lowest BCUT2D eigenvalue weighted by Crippen LogP contribution is -2.77. The van der Waals surface area contributed by atoms with Crippen LogP contribution in [0.4, 0.5) is 0 Å². The maximum Gasteiger partial charge on any atom is 0.0148 e. The number of hydrogen-bond donors (Lipinski definition) is 0. The van der Waals surface area contributed by atoms with Gasteiger partial charge in [-0.2, -0.15) is 0 Å². The second-order valence-electron chi connectivity index (χ2n) is 9.62. The summed E-state index contributed by atoms with van der Waals surface area (Å²) >= 11 is 0. The Hall–Kier alpha value is -0.440. The molecule has 0 aromatic carbocycles. The summed E-state index contributed by atoms with van der Waals surface area (Å²) in [4.78, 5) is 0. The van der Waals surface area contributed by atoms with Crippen LogP contribution in [0.5, 0.6) is 0 Å². The minimum absolute atomic E-state index is 0.428. The first-order valence-electron chi connectivity index (χ1n) is 9.49. The molecule has 0 aromatic heterocycles. The van der Waals surface area contributed by atoms with Gasteiger partial charge in [0.25, 0.3) is 0 Å². The van der Waals surface area contributed by atoms with Gasteiger partial charge in [-0.15, -0.1) is 11.8 Å². The molecule has 126 valence electrons. The molecule has 0 spiro atoms. The van der Waals surface area contributed by atoms with Gasteiger partial charge in [0, 0.05) is 6.42 Å². The van der Waals surface area contributed by atoms with E-state index in [0.717, 1.165) is 36.0 Å². The fraction of sp³-hybridized carbons (Fsp3) is 0.909. The molecule has 0 aromatic rings. The largest absolute Gasteiger partial charge is 0.107 e. The van der Waals surface area contributed by atoms with Crippen molar-refractivity contribution in [1.29, 1.82) is 0 Å². The summed E-state index contributed by atoms with van der Waals surface area (Å²) in [5, 5.41) is 0. The summed E-state index contributed by atoms with van der Waals surface area (Å²) in [5.74, 6) is 10.9. The van der Waals surface area contributed by atoms with Crippen LogP contribution in [0.1, 0.15) is 81.6 Å². The van der Waals surface area contributed by atoms with Gasteiger partial charge in [-0.05, 0) is 65.6 Å². The van der Waals surface area contributed by atoms with E-state index in [2.05, 4.69) is 67.2 Å². The van der Waals surface area contributed by atoms with Crippen LogP contribution in [0.25, 0.3) is 0 Å². The minimum atomic E-state index is 0.428. The molecule has 0 nitrogen and oxygen atoms in total. The highest BCUT2D eigenvalue weighted by atomic mass is 14.8. The highest BCUT2D eigenvalue weighted by Gasteiger charge is 2.77. The SMILES string of the molecule is CC#CCC1(C)C(C)C2C(C)C(CC)(C(C)(C)CC(C)C)C21. The zero-order valence-electron chi connectivity index (χ0n) is 16.5. The van der Waals surface area contributed by atoms with E-state index in [4.69, 9.17) is 0 Å². The summed E-state index contributed by atoms with van der Waals surface area (Å²) in [7, 11) is 0. The maximum atomic E-state index is 3.42. The Balaban J connectivity index is 2.38. The lowest BCUT2D eigenvalue weighted by atomic mass is 9.23. The fourth-order valence-corrected chi connectivity index (χ4v) is 7.31. The summed E-state index contributed by atoms with van der Waals surface area (Å²) in [6.07, 6.45) is 3.77. The van der Waals surface area contributed by atoms with E-state index in [1.54, 1.807) is 0 Å². The van der Waals surface area contributed by atoms with Crippen LogP contribution in [0, 0.1) is 57.7 Å². The summed E-state index contributed by atoms with van der Waals surface area (Å²) in [6.45, 7) is 21.9. The van der Waals surface area contributed by atoms with Crippen molar-refractivity contribution in [1.82, 2.24) is 0 Å². The fourth-order valence-electron chi connectivity index (χ4n) is 7.31. The van der Waals surface area contributed by atoms with Crippen molar-refractivity contribution in [2.45, 2.75) is 81.6 Å². The third kappa shape index (κ3) is 2.03. The molecule has 2 aliphatic carbocycles. The Morgan fingerprint density at radius 2 is 1.73 bits per heavy atom. The number of rotatable bonds is 5. The molecule has 6 unspecified atom stereocenters. The molecule has 2 aliphatic rings. The molecular formula is C22H38. The van der Waals surface area contributed by atoms with Gasteiger partial charge in [0.05, 0.1) is 0 Å². The molecule has 0 heterocycles. The smallest absolute Gasteiger partial charge is 0.0148 e. The molecule has 0 radical (unpaired) electrons. The average Bonchev–Trinajstić information content (AvgIpc) is 2.40. The second kappa shape index (κ2) is 5.58. The Kier molecular flexibility index (Phi) is 4.54. The van der Waals surface area contributed by atoms with E-state index in [0.29, 0.717) is 16.2 Å². The second-order valence-corrected chi connectivity index (χ2v) is 9.62. The van der Waals surface area contributed by atoms with Gasteiger partial charge in [0.15, 0.2) is 0 Å². The van der Waals surface area contributed by atoms with E-state index >= 15 is 0 Å². The maximum absolute atomic E-state index is 3.42.